The third kappa shape index (κ3) is 5.44. The molecule has 120 valence electrons. The molecular weight excluding hydrogens is 270 g/mol. The van der Waals surface area contributed by atoms with Gasteiger partial charge in [-0.2, -0.15) is 0 Å². The zero-order valence-corrected chi connectivity index (χ0v) is 13.4. The number of hydrogen-bond acceptors (Lipinski definition) is 5. The lowest BCUT2D eigenvalue weighted by Crippen LogP contribution is -2.17. The van der Waals surface area contributed by atoms with E-state index in [9.17, 15) is 0 Å². The van der Waals surface area contributed by atoms with Crippen LogP contribution in [0.25, 0.3) is 0 Å². The monoisotopic (exact) mass is 297 g/mol. The van der Waals surface area contributed by atoms with Gasteiger partial charge in [-0.1, -0.05) is 6.92 Å². The molecule has 0 aromatic heterocycles. The molecule has 0 saturated carbocycles. The fraction of sp³-hybridized carbons (Fsp3) is 0.625. The number of aliphatic hydroxyl groups is 1. The maximum absolute atomic E-state index is 8.99. The average Bonchev–Trinajstić information content (AvgIpc) is 2.53. The first-order chi connectivity index (χ1) is 10.2. The molecule has 5 nitrogen and oxygen atoms in total. The van der Waals surface area contributed by atoms with Crippen molar-refractivity contribution in [2.75, 3.05) is 34.5 Å². The zero-order valence-electron chi connectivity index (χ0n) is 13.4. The second-order valence-corrected chi connectivity index (χ2v) is 5.12. The second-order valence-electron chi connectivity index (χ2n) is 5.12. The Kier molecular flexibility index (Phi) is 7.93. The van der Waals surface area contributed by atoms with Crippen molar-refractivity contribution in [1.29, 1.82) is 0 Å². The molecule has 0 aliphatic rings. The largest absolute Gasteiger partial charge is 0.496 e. The van der Waals surface area contributed by atoms with Crippen molar-refractivity contribution in [2.24, 2.45) is 5.92 Å². The minimum atomic E-state index is 0.250. The van der Waals surface area contributed by atoms with Crippen molar-refractivity contribution in [3.8, 4) is 17.2 Å². The molecule has 0 heterocycles. The van der Waals surface area contributed by atoms with Gasteiger partial charge in [0.05, 0.1) is 26.9 Å². The van der Waals surface area contributed by atoms with E-state index in [1.165, 1.54) is 0 Å². The lowest BCUT2D eigenvalue weighted by atomic mass is 10.1. The van der Waals surface area contributed by atoms with Crippen LogP contribution in [0.2, 0.25) is 0 Å². The molecule has 0 aliphatic carbocycles. The van der Waals surface area contributed by atoms with Crippen molar-refractivity contribution in [3.05, 3.63) is 17.7 Å². The molecule has 0 radical (unpaired) electrons. The van der Waals surface area contributed by atoms with Gasteiger partial charge in [-0.25, -0.2) is 0 Å². The zero-order chi connectivity index (χ0) is 15.7. The number of rotatable bonds is 10. The first-order valence-electron chi connectivity index (χ1n) is 7.26. The van der Waals surface area contributed by atoms with Crippen LogP contribution in [0.15, 0.2) is 12.1 Å². The molecule has 2 N–H and O–H groups in total. The van der Waals surface area contributed by atoms with Crippen LogP contribution < -0.4 is 19.5 Å². The van der Waals surface area contributed by atoms with Crippen molar-refractivity contribution in [2.45, 2.75) is 26.3 Å². The van der Waals surface area contributed by atoms with Gasteiger partial charge in [0.25, 0.3) is 0 Å². The van der Waals surface area contributed by atoms with Crippen molar-refractivity contribution >= 4 is 0 Å². The first kappa shape index (κ1) is 17.6. The maximum Gasteiger partial charge on any atom is 0.130 e. The fourth-order valence-electron chi connectivity index (χ4n) is 2.13. The second kappa shape index (κ2) is 9.47. The molecule has 1 aromatic carbocycles. The summed E-state index contributed by atoms with van der Waals surface area (Å²) in [5, 5.41) is 12.4. The molecule has 0 spiro atoms. The molecule has 0 fully saturated rings. The molecule has 0 amide bonds. The Morgan fingerprint density at radius 2 is 1.71 bits per heavy atom. The van der Waals surface area contributed by atoms with E-state index in [0.717, 1.165) is 36.4 Å². The van der Waals surface area contributed by atoms with E-state index in [1.807, 2.05) is 12.1 Å². The Morgan fingerprint density at radius 1 is 1.10 bits per heavy atom. The normalized spacial score (nSPS) is 12.0. The Hall–Kier alpha value is -1.46. The molecule has 1 unspecified atom stereocenters. The number of aliphatic hydroxyl groups excluding tert-OH is 1. The average molecular weight is 297 g/mol. The van der Waals surface area contributed by atoms with E-state index in [-0.39, 0.29) is 6.61 Å². The summed E-state index contributed by atoms with van der Waals surface area (Å²) >= 11 is 0. The van der Waals surface area contributed by atoms with E-state index in [1.54, 1.807) is 21.3 Å². The lowest BCUT2D eigenvalue weighted by Gasteiger charge is -2.16. The van der Waals surface area contributed by atoms with E-state index in [2.05, 4.69) is 12.2 Å². The Morgan fingerprint density at radius 3 is 2.19 bits per heavy atom. The number of hydrogen-bond donors (Lipinski definition) is 2. The standard InChI is InChI=1S/C16H27NO4/c1-12(11-18)6-5-7-17-10-14-15(20-3)8-13(19-2)9-16(14)21-4/h8-9,12,17-18H,5-7,10-11H2,1-4H3. The summed E-state index contributed by atoms with van der Waals surface area (Å²) in [6.07, 6.45) is 2.04. The Labute approximate surface area is 127 Å². The van der Waals surface area contributed by atoms with Crippen LogP contribution in [-0.2, 0) is 6.54 Å². The highest BCUT2D eigenvalue weighted by molar-refractivity contribution is 5.50. The molecule has 1 aromatic rings. The number of ether oxygens (including phenoxy) is 3. The molecular formula is C16H27NO4. The van der Waals surface area contributed by atoms with Gasteiger partial charge in [0.15, 0.2) is 0 Å². The quantitative estimate of drug-likeness (QED) is 0.648. The summed E-state index contributed by atoms with van der Waals surface area (Å²) in [6, 6.07) is 3.71. The summed E-state index contributed by atoms with van der Waals surface area (Å²) in [5.74, 6) is 2.57. The van der Waals surface area contributed by atoms with Gasteiger partial charge >= 0.3 is 0 Å². The van der Waals surface area contributed by atoms with E-state index in [4.69, 9.17) is 19.3 Å². The fourth-order valence-corrected chi connectivity index (χ4v) is 2.13. The van der Waals surface area contributed by atoms with Crippen LogP contribution in [-0.4, -0.2) is 39.6 Å². The van der Waals surface area contributed by atoms with Crippen LogP contribution in [0.5, 0.6) is 17.2 Å². The Balaban J connectivity index is 2.61. The first-order valence-corrected chi connectivity index (χ1v) is 7.26. The smallest absolute Gasteiger partial charge is 0.130 e. The summed E-state index contributed by atoms with van der Waals surface area (Å²) in [7, 11) is 4.90. The van der Waals surface area contributed by atoms with Gasteiger partial charge in [0.1, 0.15) is 17.2 Å². The van der Waals surface area contributed by atoms with Crippen LogP contribution >= 0.6 is 0 Å². The Bertz CT molecular complexity index is 398. The van der Waals surface area contributed by atoms with Crippen LogP contribution in [0.1, 0.15) is 25.3 Å². The maximum atomic E-state index is 8.99. The summed E-state index contributed by atoms with van der Waals surface area (Å²) < 4.78 is 16.1. The third-order valence-corrected chi connectivity index (χ3v) is 3.48. The van der Waals surface area contributed by atoms with Crippen LogP contribution in [0.4, 0.5) is 0 Å². The van der Waals surface area contributed by atoms with Crippen molar-refractivity contribution < 1.29 is 19.3 Å². The predicted octanol–water partition coefficient (Wildman–Crippen LogP) is 2.21. The molecule has 5 heteroatoms. The number of nitrogens with one attached hydrogen (secondary N) is 1. The van der Waals surface area contributed by atoms with Gasteiger partial charge in [0.2, 0.25) is 0 Å². The van der Waals surface area contributed by atoms with Gasteiger partial charge in [-0.05, 0) is 25.3 Å². The van der Waals surface area contributed by atoms with Gasteiger partial charge in [-0.3, -0.25) is 0 Å². The predicted molar refractivity (Wildman–Crippen MR) is 83.3 cm³/mol. The van der Waals surface area contributed by atoms with E-state index >= 15 is 0 Å². The minimum Gasteiger partial charge on any atom is -0.496 e. The van der Waals surface area contributed by atoms with Crippen LogP contribution in [0.3, 0.4) is 0 Å². The van der Waals surface area contributed by atoms with Gasteiger partial charge < -0.3 is 24.6 Å². The summed E-state index contributed by atoms with van der Waals surface area (Å²) in [4.78, 5) is 0. The van der Waals surface area contributed by atoms with Gasteiger partial charge in [-0.15, -0.1) is 0 Å². The molecule has 0 saturated heterocycles. The van der Waals surface area contributed by atoms with Crippen molar-refractivity contribution in [1.82, 2.24) is 5.32 Å². The molecule has 1 atom stereocenters. The molecule has 0 bridgehead atoms. The van der Waals surface area contributed by atoms with Crippen LogP contribution in [0, 0.1) is 5.92 Å². The van der Waals surface area contributed by atoms with Gasteiger partial charge in [0, 0.05) is 25.3 Å². The topological polar surface area (TPSA) is 60.0 Å². The summed E-state index contributed by atoms with van der Waals surface area (Å²) in [5.41, 5.74) is 0.982. The molecule has 1 rings (SSSR count). The van der Waals surface area contributed by atoms with Crippen molar-refractivity contribution in [3.63, 3.8) is 0 Å². The number of benzene rings is 1. The number of methoxy groups -OCH3 is 3. The molecule has 0 aliphatic heterocycles. The van der Waals surface area contributed by atoms with E-state index in [0.29, 0.717) is 18.2 Å². The minimum absolute atomic E-state index is 0.250. The molecule has 21 heavy (non-hydrogen) atoms. The summed E-state index contributed by atoms with van der Waals surface area (Å²) in [6.45, 7) is 3.86. The highest BCUT2D eigenvalue weighted by Crippen LogP contribution is 2.33. The SMILES string of the molecule is COc1cc(OC)c(CNCCCC(C)CO)c(OC)c1. The third-order valence-electron chi connectivity index (χ3n) is 3.48. The highest BCUT2D eigenvalue weighted by Gasteiger charge is 2.12. The van der Waals surface area contributed by atoms with E-state index < -0.39 is 0 Å². The lowest BCUT2D eigenvalue weighted by molar-refractivity contribution is 0.228. The highest BCUT2D eigenvalue weighted by atomic mass is 16.5.